The Hall–Kier alpha value is -1.02. The molecule has 1 aliphatic heterocycles. The third-order valence-electron chi connectivity index (χ3n) is 6.37. The largest absolute Gasteiger partial charge is 0.508 e. The Morgan fingerprint density at radius 3 is 3.00 bits per heavy atom. The highest BCUT2D eigenvalue weighted by molar-refractivity contribution is 5.40. The quantitative estimate of drug-likeness (QED) is 0.722. The van der Waals surface area contributed by atoms with Gasteiger partial charge in [-0.3, -0.25) is 0 Å². The molecule has 0 amide bonds. The molecule has 1 heterocycles. The molecule has 5 atom stereocenters. The SMILES string of the molecule is Oc1ccc2c(c1)CCC1C2CCC23OC2CCC13. The smallest absolute Gasteiger partial charge is 0.115 e. The summed E-state index contributed by atoms with van der Waals surface area (Å²) in [6.07, 6.45) is 8.29. The van der Waals surface area contributed by atoms with Crippen LogP contribution in [0.3, 0.4) is 0 Å². The zero-order valence-electron chi connectivity index (χ0n) is 11.1. The average molecular weight is 256 g/mol. The molecule has 2 heteroatoms. The molecular formula is C17H20O2. The van der Waals surface area contributed by atoms with Gasteiger partial charge in [-0.15, -0.1) is 0 Å². The van der Waals surface area contributed by atoms with Crippen LogP contribution in [0.25, 0.3) is 0 Å². The van der Waals surface area contributed by atoms with E-state index in [2.05, 4.69) is 6.07 Å². The Morgan fingerprint density at radius 2 is 2.11 bits per heavy atom. The molecule has 1 N–H and O–H groups in total. The molecule has 0 radical (unpaired) electrons. The van der Waals surface area contributed by atoms with Crippen LogP contribution in [0.1, 0.15) is 49.1 Å². The fourth-order valence-electron chi connectivity index (χ4n) is 5.57. The fourth-order valence-corrected chi connectivity index (χ4v) is 5.57. The molecule has 3 aliphatic carbocycles. The number of epoxide rings is 1. The highest BCUT2D eigenvalue weighted by atomic mass is 16.6. The first-order chi connectivity index (χ1) is 9.28. The highest BCUT2D eigenvalue weighted by Gasteiger charge is 2.68. The molecule has 5 unspecified atom stereocenters. The highest BCUT2D eigenvalue weighted by Crippen LogP contribution is 2.65. The predicted molar refractivity (Wildman–Crippen MR) is 72.2 cm³/mol. The first-order valence-electron chi connectivity index (χ1n) is 7.77. The van der Waals surface area contributed by atoms with Gasteiger partial charge >= 0.3 is 0 Å². The van der Waals surface area contributed by atoms with Crippen molar-refractivity contribution in [2.45, 2.75) is 56.1 Å². The van der Waals surface area contributed by atoms with Gasteiger partial charge in [-0.1, -0.05) is 6.07 Å². The van der Waals surface area contributed by atoms with E-state index in [9.17, 15) is 5.11 Å². The fraction of sp³-hybridized carbons (Fsp3) is 0.647. The maximum absolute atomic E-state index is 9.66. The number of hydrogen-bond donors (Lipinski definition) is 1. The zero-order valence-corrected chi connectivity index (χ0v) is 11.1. The van der Waals surface area contributed by atoms with Crippen molar-refractivity contribution in [3.8, 4) is 5.75 Å². The molecule has 1 aromatic rings. The van der Waals surface area contributed by atoms with E-state index in [1.807, 2.05) is 12.1 Å². The summed E-state index contributed by atoms with van der Waals surface area (Å²) in [6.45, 7) is 0. The van der Waals surface area contributed by atoms with Gasteiger partial charge in [-0.25, -0.2) is 0 Å². The third kappa shape index (κ3) is 1.26. The lowest BCUT2D eigenvalue weighted by Crippen LogP contribution is -2.40. The Kier molecular flexibility index (Phi) is 1.89. The van der Waals surface area contributed by atoms with Crippen molar-refractivity contribution in [3.05, 3.63) is 29.3 Å². The standard InChI is InChI=1S/C17H20O2/c18-11-2-4-12-10(9-11)1-3-14-13(12)7-8-17-15(14)5-6-16(17)19-17/h2,4,9,13-16,18H,1,3,5-8H2. The van der Waals surface area contributed by atoms with Gasteiger partial charge in [0.1, 0.15) is 5.75 Å². The number of aryl methyl sites for hydroxylation is 1. The number of fused-ring (bicyclic) bond motifs is 4. The summed E-state index contributed by atoms with van der Waals surface area (Å²) in [5.74, 6) is 2.80. The van der Waals surface area contributed by atoms with Crippen molar-refractivity contribution in [1.29, 1.82) is 0 Å². The van der Waals surface area contributed by atoms with Gasteiger partial charge in [0.25, 0.3) is 0 Å². The van der Waals surface area contributed by atoms with Crippen molar-refractivity contribution < 1.29 is 9.84 Å². The number of benzene rings is 1. The van der Waals surface area contributed by atoms with Crippen LogP contribution in [0.4, 0.5) is 0 Å². The van der Waals surface area contributed by atoms with Crippen LogP contribution >= 0.6 is 0 Å². The number of phenolic OH excluding ortho intramolecular Hbond substituents is 1. The van der Waals surface area contributed by atoms with Crippen LogP contribution in [-0.4, -0.2) is 16.8 Å². The van der Waals surface area contributed by atoms with E-state index in [0.29, 0.717) is 17.5 Å². The van der Waals surface area contributed by atoms with Gasteiger partial charge in [0.2, 0.25) is 0 Å². The minimum absolute atomic E-state index is 0.315. The second-order valence-electron chi connectivity index (χ2n) is 6.98. The van der Waals surface area contributed by atoms with Crippen LogP contribution in [0, 0.1) is 11.8 Å². The van der Waals surface area contributed by atoms with Crippen molar-refractivity contribution >= 4 is 0 Å². The minimum Gasteiger partial charge on any atom is -0.508 e. The van der Waals surface area contributed by atoms with Gasteiger partial charge in [0.05, 0.1) is 11.7 Å². The Morgan fingerprint density at radius 1 is 1.16 bits per heavy atom. The molecule has 1 saturated heterocycles. The van der Waals surface area contributed by atoms with E-state index >= 15 is 0 Å². The van der Waals surface area contributed by atoms with E-state index in [1.165, 1.54) is 43.2 Å². The molecule has 1 spiro atoms. The van der Waals surface area contributed by atoms with Gasteiger partial charge in [0, 0.05) is 0 Å². The summed E-state index contributed by atoms with van der Waals surface area (Å²) in [4.78, 5) is 0. The topological polar surface area (TPSA) is 32.8 Å². The summed E-state index contributed by atoms with van der Waals surface area (Å²) in [5.41, 5.74) is 3.23. The Balaban J connectivity index is 1.55. The van der Waals surface area contributed by atoms with E-state index in [0.717, 1.165) is 24.2 Å². The third-order valence-corrected chi connectivity index (χ3v) is 6.37. The molecule has 1 aromatic carbocycles. The molecule has 2 nitrogen and oxygen atoms in total. The Bertz CT molecular complexity index is 552. The first kappa shape index (κ1) is 10.7. The molecule has 19 heavy (non-hydrogen) atoms. The van der Waals surface area contributed by atoms with Crippen LogP contribution in [0.15, 0.2) is 18.2 Å². The van der Waals surface area contributed by atoms with E-state index < -0.39 is 0 Å². The second-order valence-corrected chi connectivity index (χ2v) is 6.98. The summed E-state index contributed by atoms with van der Waals surface area (Å²) in [7, 11) is 0. The Labute approximate surface area is 113 Å². The van der Waals surface area contributed by atoms with Crippen LogP contribution in [-0.2, 0) is 11.2 Å². The van der Waals surface area contributed by atoms with Crippen LogP contribution in [0.5, 0.6) is 5.75 Å². The maximum Gasteiger partial charge on any atom is 0.115 e. The van der Waals surface area contributed by atoms with Gasteiger partial charge in [0.15, 0.2) is 0 Å². The lowest BCUT2D eigenvalue weighted by atomic mass is 9.60. The first-order valence-corrected chi connectivity index (χ1v) is 7.77. The van der Waals surface area contributed by atoms with Gasteiger partial charge < -0.3 is 9.84 Å². The maximum atomic E-state index is 9.66. The van der Waals surface area contributed by atoms with E-state index in [-0.39, 0.29) is 0 Å². The molecule has 100 valence electrons. The van der Waals surface area contributed by atoms with Gasteiger partial charge in [-0.2, -0.15) is 0 Å². The monoisotopic (exact) mass is 256 g/mol. The number of rotatable bonds is 0. The summed E-state index contributed by atoms with van der Waals surface area (Å²) >= 11 is 0. The molecule has 4 aliphatic rings. The molecule has 0 aromatic heterocycles. The van der Waals surface area contributed by atoms with Crippen molar-refractivity contribution in [2.24, 2.45) is 11.8 Å². The van der Waals surface area contributed by atoms with Crippen molar-refractivity contribution in [2.75, 3.05) is 0 Å². The number of aromatic hydroxyl groups is 1. The average Bonchev–Trinajstić information content (AvgIpc) is 3.00. The molecule has 2 saturated carbocycles. The molecular weight excluding hydrogens is 236 g/mol. The lowest BCUT2D eigenvalue weighted by molar-refractivity contribution is 0.0657. The summed E-state index contributed by atoms with van der Waals surface area (Å²) in [6, 6.07) is 6.04. The van der Waals surface area contributed by atoms with E-state index in [4.69, 9.17) is 4.74 Å². The van der Waals surface area contributed by atoms with Crippen LogP contribution < -0.4 is 0 Å². The zero-order chi connectivity index (χ0) is 12.6. The number of ether oxygens (including phenoxy) is 1. The number of hydrogen-bond acceptors (Lipinski definition) is 2. The van der Waals surface area contributed by atoms with Gasteiger partial charge in [-0.05, 0) is 79.5 Å². The minimum atomic E-state index is 0.315. The predicted octanol–water partition coefficient (Wildman–Crippen LogP) is 3.38. The van der Waals surface area contributed by atoms with Crippen molar-refractivity contribution in [1.82, 2.24) is 0 Å². The number of phenols is 1. The summed E-state index contributed by atoms with van der Waals surface area (Å²) in [5, 5.41) is 9.66. The molecule has 3 fully saturated rings. The lowest BCUT2D eigenvalue weighted by Gasteiger charge is -2.44. The molecule has 0 bridgehead atoms. The van der Waals surface area contributed by atoms with Crippen LogP contribution in [0.2, 0.25) is 0 Å². The normalized spacial score (nSPS) is 45.9. The van der Waals surface area contributed by atoms with Crippen molar-refractivity contribution in [3.63, 3.8) is 0 Å². The summed E-state index contributed by atoms with van der Waals surface area (Å²) < 4.78 is 6.06. The van der Waals surface area contributed by atoms with E-state index in [1.54, 1.807) is 0 Å². The second kappa shape index (κ2) is 3.35. The molecule has 5 rings (SSSR count).